The topological polar surface area (TPSA) is 108 Å². The van der Waals surface area contributed by atoms with E-state index in [0.29, 0.717) is 35.5 Å². The summed E-state index contributed by atoms with van der Waals surface area (Å²) in [4.78, 5) is 33.2. The van der Waals surface area contributed by atoms with Crippen molar-refractivity contribution in [2.45, 2.75) is 63.8 Å². The van der Waals surface area contributed by atoms with Crippen LogP contribution in [0.2, 0.25) is 0 Å². The van der Waals surface area contributed by atoms with Crippen LogP contribution in [-0.2, 0) is 18.9 Å². The minimum absolute atomic E-state index is 0.0785. The van der Waals surface area contributed by atoms with Gasteiger partial charge in [-0.15, -0.1) is 0 Å². The zero-order valence-electron chi connectivity index (χ0n) is 25.4. The fourth-order valence-corrected chi connectivity index (χ4v) is 5.62. The molecule has 3 N–H and O–H groups in total. The highest BCUT2D eigenvalue weighted by Gasteiger charge is 2.34. The highest BCUT2D eigenvalue weighted by Crippen LogP contribution is 2.33. The van der Waals surface area contributed by atoms with Crippen molar-refractivity contribution in [2.75, 3.05) is 13.1 Å². The molecular formula is C35H38F2N4O4. The normalized spacial score (nSPS) is 16.4. The molecule has 0 aliphatic carbocycles. The van der Waals surface area contributed by atoms with Crippen molar-refractivity contribution in [3.8, 4) is 0 Å². The summed E-state index contributed by atoms with van der Waals surface area (Å²) in [5.74, 6) is -3.08. The van der Waals surface area contributed by atoms with Gasteiger partial charge in [0.15, 0.2) is 0 Å². The number of nitrogens with zero attached hydrogens (tertiary/aromatic N) is 2. The Morgan fingerprint density at radius 3 is 2.51 bits per heavy atom. The standard InChI is InChI=1S/C35H38F2N4O4/c1-23-22-45-33(39-23)30-15-8-16-41(30)34(44)27-13-7-12-26(19-27)32(43)40-29(18-24-9-4-3-5-10-24)31(42)21-38-20-25-11-6-14-28(17-25)35(2,36)37/h3-7,9-14,17,19,22,29-31,38,42H,8,15-16,18,20-21H2,1-2H3,(H,40,43)/t29-,30?,31+/m0/s1. The van der Waals surface area contributed by atoms with Crippen molar-refractivity contribution in [1.29, 1.82) is 0 Å². The Kier molecular flexibility index (Phi) is 10.0. The van der Waals surface area contributed by atoms with E-state index in [1.54, 1.807) is 47.6 Å². The van der Waals surface area contributed by atoms with E-state index < -0.39 is 24.0 Å². The summed E-state index contributed by atoms with van der Waals surface area (Å²) in [6, 6.07) is 21.2. The van der Waals surface area contributed by atoms with Crippen LogP contribution in [-0.4, -0.2) is 52.0 Å². The average Bonchev–Trinajstić information content (AvgIpc) is 3.70. The van der Waals surface area contributed by atoms with Crippen LogP contribution in [0.15, 0.2) is 89.5 Å². The van der Waals surface area contributed by atoms with Crippen LogP contribution in [0.5, 0.6) is 0 Å². The van der Waals surface area contributed by atoms with Crippen molar-refractivity contribution in [3.63, 3.8) is 0 Å². The Balaban J connectivity index is 1.26. The second-order valence-corrected chi connectivity index (χ2v) is 11.6. The van der Waals surface area contributed by atoms with Crippen LogP contribution in [0.1, 0.15) is 74.8 Å². The van der Waals surface area contributed by atoms with Gasteiger partial charge in [-0.05, 0) is 61.6 Å². The van der Waals surface area contributed by atoms with Gasteiger partial charge in [0.1, 0.15) is 12.3 Å². The van der Waals surface area contributed by atoms with Gasteiger partial charge in [-0.1, -0.05) is 54.6 Å². The fourth-order valence-electron chi connectivity index (χ4n) is 5.62. The molecule has 0 spiro atoms. The highest BCUT2D eigenvalue weighted by atomic mass is 19.3. The zero-order valence-corrected chi connectivity index (χ0v) is 25.4. The van der Waals surface area contributed by atoms with Crippen molar-refractivity contribution in [2.24, 2.45) is 0 Å². The third-order valence-corrected chi connectivity index (χ3v) is 8.00. The third kappa shape index (κ3) is 8.20. The number of aryl methyl sites for hydroxylation is 1. The van der Waals surface area contributed by atoms with Crippen molar-refractivity contribution < 1.29 is 27.9 Å². The van der Waals surface area contributed by atoms with Gasteiger partial charge in [0.05, 0.1) is 17.8 Å². The molecule has 45 heavy (non-hydrogen) atoms. The van der Waals surface area contributed by atoms with Crippen LogP contribution in [0, 0.1) is 6.92 Å². The first kappa shape index (κ1) is 32.0. The summed E-state index contributed by atoms with van der Waals surface area (Å²) in [7, 11) is 0. The van der Waals surface area contributed by atoms with Crippen LogP contribution in [0.25, 0.3) is 0 Å². The molecule has 2 amide bonds. The summed E-state index contributed by atoms with van der Waals surface area (Å²) >= 11 is 0. The van der Waals surface area contributed by atoms with Gasteiger partial charge in [-0.25, -0.2) is 13.8 Å². The smallest absolute Gasteiger partial charge is 0.270 e. The monoisotopic (exact) mass is 616 g/mol. The van der Waals surface area contributed by atoms with Gasteiger partial charge in [-0.3, -0.25) is 9.59 Å². The molecule has 10 heteroatoms. The van der Waals surface area contributed by atoms with E-state index in [1.807, 2.05) is 37.3 Å². The van der Waals surface area contributed by atoms with E-state index >= 15 is 0 Å². The number of halogens is 2. The number of alkyl halides is 2. The van der Waals surface area contributed by atoms with Gasteiger partial charge in [0.25, 0.3) is 17.7 Å². The lowest BCUT2D eigenvalue weighted by Gasteiger charge is -2.25. The lowest BCUT2D eigenvalue weighted by atomic mass is 10.00. The van der Waals surface area contributed by atoms with Gasteiger partial charge < -0.3 is 25.1 Å². The van der Waals surface area contributed by atoms with Crippen LogP contribution in [0.4, 0.5) is 8.78 Å². The number of oxazole rings is 1. The minimum Gasteiger partial charge on any atom is -0.446 e. The highest BCUT2D eigenvalue weighted by molar-refractivity contribution is 6.00. The van der Waals surface area contributed by atoms with Crippen LogP contribution in [0.3, 0.4) is 0 Å². The van der Waals surface area contributed by atoms with E-state index in [9.17, 15) is 23.5 Å². The first-order valence-electron chi connectivity index (χ1n) is 15.1. The van der Waals surface area contributed by atoms with Crippen molar-refractivity contribution in [1.82, 2.24) is 20.5 Å². The molecular weight excluding hydrogens is 578 g/mol. The number of carbonyl (C=O) groups excluding carboxylic acids is 2. The number of aromatic nitrogens is 1. The number of aliphatic hydroxyl groups is 1. The molecule has 5 rings (SSSR count). The molecule has 0 saturated carbocycles. The second-order valence-electron chi connectivity index (χ2n) is 11.6. The van der Waals surface area contributed by atoms with Gasteiger partial charge >= 0.3 is 0 Å². The number of rotatable bonds is 12. The molecule has 0 bridgehead atoms. The van der Waals surface area contributed by atoms with E-state index in [2.05, 4.69) is 15.6 Å². The quantitative estimate of drug-likeness (QED) is 0.192. The molecule has 1 unspecified atom stereocenters. The maximum atomic E-state index is 13.8. The van der Waals surface area contributed by atoms with E-state index in [1.165, 1.54) is 12.1 Å². The Hall–Kier alpha value is -4.41. The molecule has 1 saturated heterocycles. The van der Waals surface area contributed by atoms with Crippen LogP contribution >= 0.6 is 0 Å². The van der Waals surface area contributed by atoms with Gasteiger partial charge in [0, 0.05) is 43.2 Å². The molecule has 1 aromatic heterocycles. The Labute approximate surface area is 261 Å². The Morgan fingerprint density at radius 1 is 1.04 bits per heavy atom. The predicted octanol–water partition coefficient (Wildman–Crippen LogP) is 5.56. The van der Waals surface area contributed by atoms with Crippen LogP contribution < -0.4 is 10.6 Å². The molecule has 1 aliphatic heterocycles. The number of likely N-dealkylation sites (tertiary alicyclic amines) is 1. The number of carbonyl (C=O) groups is 2. The maximum absolute atomic E-state index is 13.8. The second kappa shape index (κ2) is 14.1. The number of benzene rings is 3. The molecule has 236 valence electrons. The molecule has 0 radical (unpaired) electrons. The first-order valence-corrected chi connectivity index (χ1v) is 15.1. The molecule has 8 nitrogen and oxygen atoms in total. The summed E-state index contributed by atoms with van der Waals surface area (Å²) in [5.41, 5.74) is 2.92. The molecule has 2 heterocycles. The summed E-state index contributed by atoms with van der Waals surface area (Å²) in [5, 5.41) is 17.3. The number of hydrogen-bond donors (Lipinski definition) is 3. The number of nitrogens with one attached hydrogen (secondary N) is 2. The molecule has 1 fully saturated rings. The predicted molar refractivity (Wildman–Crippen MR) is 166 cm³/mol. The maximum Gasteiger partial charge on any atom is 0.270 e. The van der Waals surface area contributed by atoms with E-state index in [-0.39, 0.29) is 30.6 Å². The summed E-state index contributed by atoms with van der Waals surface area (Å²) in [6.45, 7) is 3.63. The average molecular weight is 617 g/mol. The number of aliphatic hydroxyl groups excluding tert-OH is 1. The van der Waals surface area contributed by atoms with E-state index in [4.69, 9.17) is 4.42 Å². The lowest BCUT2D eigenvalue weighted by Crippen LogP contribution is -2.48. The van der Waals surface area contributed by atoms with Gasteiger partial charge in [0.2, 0.25) is 5.89 Å². The van der Waals surface area contributed by atoms with E-state index in [0.717, 1.165) is 31.0 Å². The largest absolute Gasteiger partial charge is 0.446 e. The lowest BCUT2D eigenvalue weighted by molar-refractivity contribution is 0.0173. The molecule has 3 atom stereocenters. The Morgan fingerprint density at radius 2 is 1.78 bits per heavy atom. The fraction of sp³-hybridized carbons (Fsp3) is 0.343. The number of hydrogen-bond acceptors (Lipinski definition) is 6. The summed E-state index contributed by atoms with van der Waals surface area (Å²) < 4.78 is 33.1. The minimum atomic E-state index is -2.95. The first-order chi connectivity index (χ1) is 21.6. The zero-order chi connectivity index (χ0) is 32.0. The summed E-state index contributed by atoms with van der Waals surface area (Å²) in [6.07, 6.45) is 2.50. The molecule has 4 aromatic rings. The SMILES string of the molecule is Cc1coc(C2CCCN2C(=O)c2cccc(C(=O)N[C@@H](Cc3ccccc3)[C@H](O)CNCc3cccc(C(C)(F)F)c3)c2)n1. The Bertz CT molecular complexity index is 1600. The molecule has 1 aliphatic rings. The number of amides is 2. The van der Waals surface area contributed by atoms with Crippen molar-refractivity contribution >= 4 is 11.8 Å². The molecule has 3 aromatic carbocycles. The third-order valence-electron chi connectivity index (χ3n) is 8.00. The van der Waals surface area contributed by atoms with Crippen molar-refractivity contribution in [3.05, 3.63) is 125 Å². The van der Waals surface area contributed by atoms with Gasteiger partial charge in [-0.2, -0.15) is 0 Å².